The van der Waals surface area contributed by atoms with E-state index in [9.17, 15) is 18.0 Å². The van der Waals surface area contributed by atoms with E-state index in [0.29, 0.717) is 13.0 Å². The van der Waals surface area contributed by atoms with Gasteiger partial charge in [-0.05, 0) is 19.4 Å². The van der Waals surface area contributed by atoms with Crippen molar-refractivity contribution in [2.75, 3.05) is 12.3 Å². The molecular formula is C9H21N3O7S. The van der Waals surface area contributed by atoms with Gasteiger partial charge in [0.15, 0.2) is 0 Å². The number of carboxylic acids is 2. The van der Waals surface area contributed by atoms with Gasteiger partial charge in [-0.1, -0.05) is 6.42 Å². The zero-order valence-electron chi connectivity index (χ0n) is 10.8. The summed E-state index contributed by atoms with van der Waals surface area (Å²) in [6.45, 7) is 0.604. The molecule has 0 aromatic rings. The predicted molar refractivity (Wildman–Crippen MR) is 70.5 cm³/mol. The number of aliphatic carboxylic acids is 2. The first-order valence-corrected chi connectivity index (χ1v) is 7.24. The molecule has 0 spiro atoms. The molecule has 0 aliphatic heterocycles. The average molecular weight is 315 g/mol. The number of rotatable bonds is 8. The molecule has 0 saturated heterocycles. The number of carboxylic acid groups (broad SMARTS) is 2. The van der Waals surface area contributed by atoms with Crippen LogP contribution in [0.2, 0.25) is 0 Å². The van der Waals surface area contributed by atoms with Crippen LogP contribution in [0.5, 0.6) is 0 Å². The topological polar surface area (TPSA) is 207 Å². The smallest absolute Gasteiger partial charge is 0.321 e. The van der Waals surface area contributed by atoms with Gasteiger partial charge in [-0.15, -0.1) is 0 Å². The lowest BCUT2D eigenvalue weighted by atomic mass is 10.1. The van der Waals surface area contributed by atoms with Gasteiger partial charge in [0.05, 0.1) is 0 Å². The first-order chi connectivity index (χ1) is 9.01. The second kappa shape index (κ2) is 10.5. The van der Waals surface area contributed by atoms with Crippen molar-refractivity contribution in [3.63, 3.8) is 0 Å². The van der Waals surface area contributed by atoms with Gasteiger partial charge in [-0.25, -0.2) is 0 Å². The molecule has 0 radical (unpaired) electrons. The first kappa shape index (κ1) is 21.0. The Morgan fingerprint density at radius 1 is 1.00 bits per heavy atom. The quantitative estimate of drug-likeness (QED) is 0.210. The monoisotopic (exact) mass is 315 g/mol. The van der Waals surface area contributed by atoms with Gasteiger partial charge in [0.1, 0.15) is 17.8 Å². The van der Waals surface area contributed by atoms with Crippen LogP contribution in [0.3, 0.4) is 0 Å². The van der Waals surface area contributed by atoms with Gasteiger partial charge in [-0.3, -0.25) is 14.1 Å². The molecule has 0 heterocycles. The molecule has 11 heteroatoms. The number of hydrogen-bond acceptors (Lipinski definition) is 7. The maximum absolute atomic E-state index is 10.1. The van der Waals surface area contributed by atoms with Crippen molar-refractivity contribution in [3.05, 3.63) is 0 Å². The summed E-state index contributed by atoms with van der Waals surface area (Å²) in [6, 6.07) is -2.28. The molecule has 0 aromatic carbocycles. The molecule has 10 nitrogen and oxygen atoms in total. The van der Waals surface area contributed by atoms with Crippen LogP contribution < -0.4 is 17.2 Å². The molecule has 0 bridgehead atoms. The van der Waals surface area contributed by atoms with Gasteiger partial charge >= 0.3 is 11.9 Å². The third-order valence-corrected chi connectivity index (χ3v) is 2.77. The maximum Gasteiger partial charge on any atom is 0.321 e. The van der Waals surface area contributed by atoms with Crippen LogP contribution in [0, 0.1) is 0 Å². The van der Waals surface area contributed by atoms with Crippen molar-refractivity contribution >= 4 is 22.1 Å². The summed E-state index contributed by atoms with van der Waals surface area (Å²) >= 11 is 0. The zero-order valence-corrected chi connectivity index (χ0v) is 11.6. The van der Waals surface area contributed by atoms with E-state index in [2.05, 4.69) is 0 Å². The largest absolute Gasteiger partial charge is 0.480 e. The molecule has 0 rings (SSSR count). The van der Waals surface area contributed by atoms with E-state index in [-0.39, 0.29) is 0 Å². The molecule has 20 heavy (non-hydrogen) atoms. The summed E-state index contributed by atoms with van der Waals surface area (Å²) in [5.74, 6) is -3.35. The van der Waals surface area contributed by atoms with Crippen LogP contribution in [-0.4, -0.2) is 59.5 Å². The van der Waals surface area contributed by atoms with Crippen LogP contribution in [0.15, 0.2) is 0 Å². The fourth-order valence-corrected chi connectivity index (χ4v) is 1.53. The fourth-order valence-electron chi connectivity index (χ4n) is 0.930. The molecule has 2 atom stereocenters. The molecule has 0 aliphatic carbocycles. The number of nitrogens with two attached hydrogens (primary N) is 3. The molecule has 120 valence electrons. The second-order valence-corrected chi connectivity index (χ2v) is 5.42. The molecular weight excluding hydrogens is 294 g/mol. The van der Waals surface area contributed by atoms with Crippen LogP contribution in [-0.2, 0) is 19.7 Å². The van der Waals surface area contributed by atoms with Crippen molar-refractivity contribution in [2.24, 2.45) is 17.2 Å². The fraction of sp³-hybridized carbons (Fsp3) is 0.778. The Balaban J connectivity index is 0. The Morgan fingerprint density at radius 2 is 1.45 bits per heavy atom. The van der Waals surface area contributed by atoms with Crippen molar-refractivity contribution in [1.29, 1.82) is 0 Å². The van der Waals surface area contributed by atoms with Crippen LogP contribution in [0.1, 0.15) is 19.3 Å². The van der Waals surface area contributed by atoms with Gasteiger partial charge in [0.25, 0.3) is 10.1 Å². The average Bonchev–Trinajstić information content (AvgIpc) is 2.27. The second-order valence-electron chi connectivity index (χ2n) is 3.92. The highest BCUT2D eigenvalue weighted by Gasteiger charge is 2.18. The minimum atomic E-state index is -4.27. The van der Waals surface area contributed by atoms with Crippen LogP contribution in [0.4, 0.5) is 0 Å². The normalized spacial score (nSPS) is 13.8. The molecule has 0 fully saturated rings. The molecule has 0 aliphatic rings. The van der Waals surface area contributed by atoms with Crippen LogP contribution in [0.25, 0.3) is 0 Å². The zero-order chi connectivity index (χ0) is 16.3. The predicted octanol–water partition coefficient (Wildman–Crippen LogP) is -2.19. The third-order valence-electron chi connectivity index (χ3n) is 1.99. The standard InChI is InChI=1S/C6H14N2O2.C3H7NO5S/c7-4-2-1-3-5(8)6(9)10;4-2(3(5)6)1-10(7,8)9/h5H,1-4,7-8H2,(H,9,10);2H,1,4H2,(H,5,6)(H,7,8,9)/t5-;2-/m00/s1. The first-order valence-electron chi connectivity index (χ1n) is 5.63. The minimum absolute atomic E-state index is 0.520. The summed E-state index contributed by atoms with van der Waals surface area (Å²) in [5.41, 5.74) is 15.2. The summed E-state index contributed by atoms with van der Waals surface area (Å²) < 4.78 is 28.0. The van der Waals surface area contributed by atoms with Crippen molar-refractivity contribution in [3.8, 4) is 0 Å². The lowest BCUT2D eigenvalue weighted by molar-refractivity contribution is -0.139. The summed E-state index contributed by atoms with van der Waals surface area (Å²) in [5, 5.41) is 16.4. The molecule has 9 N–H and O–H groups in total. The highest BCUT2D eigenvalue weighted by molar-refractivity contribution is 7.85. The molecule has 0 saturated carbocycles. The van der Waals surface area contributed by atoms with Crippen molar-refractivity contribution in [2.45, 2.75) is 31.3 Å². The van der Waals surface area contributed by atoms with E-state index in [4.69, 9.17) is 32.0 Å². The van der Waals surface area contributed by atoms with E-state index >= 15 is 0 Å². The maximum atomic E-state index is 10.1. The molecule has 0 aromatic heterocycles. The SMILES string of the molecule is NCCCC[C@H](N)C(=O)O.N[C@@H](CS(=O)(=O)O)C(=O)O. The van der Waals surface area contributed by atoms with E-state index in [1.165, 1.54) is 0 Å². The highest BCUT2D eigenvalue weighted by Crippen LogP contribution is 1.96. The lowest BCUT2D eigenvalue weighted by Gasteiger charge is -2.03. The summed E-state index contributed by atoms with van der Waals surface area (Å²) in [6.07, 6.45) is 2.16. The number of hydrogen-bond donors (Lipinski definition) is 6. The van der Waals surface area contributed by atoms with Gasteiger partial charge in [0, 0.05) is 0 Å². The Kier molecular flexibility index (Phi) is 11.1. The Labute approximate surface area is 116 Å². The van der Waals surface area contributed by atoms with E-state index in [0.717, 1.165) is 12.8 Å². The Morgan fingerprint density at radius 3 is 1.70 bits per heavy atom. The van der Waals surface area contributed by atoms with Gasteiger partial charge in [0.2, 0.25) is 0 Å². The Bertz CT molecular complexity index is 398. The number of unbranched alkanes of at least 4 members (excludes halogenated alkanes) is 1. The van der Waals surface area contributed by atoms with E-state index in [1.54, 1.807) is 0 Å². The highest BCUT2D eigenvalue weighted by atomic mass is 32.2. The van der Waals surface area contributed by atoms with E-state index < -0.39 is 39.9 Å². The van der Waals surface area contributed by atoms with Gasteiger partial charge < -0.3 is 27.4 Å². The van der Waals surface area contributed by atoms with Crippen molar-refractivity contribution < 1.29 is 32.8 Å². The third kappa shape index (κ3) is 14.8. The Hall–Kier alpha value is -1.27. The van der Waals surface area contributed by atoms with Crippen LogP contribution >= 0.6 is 0 Å². The summed E-state index contributed by atoms with van der Waals surface area (Å²) in [7, 11) is -4.27. The van der Waals surface area contributed by atoms with E-state index in [1.807, 2.05) is 0 Å². The molecule has 0 amide bonds. The number of carbonyl (C=O) groups is 2. The van der Waals surface area contributed by atoms with Crippen molar-refractivity contribution in [1.82, 2.24) is 0 Å². The minimum Gasteiger partial charge on any atom is -0.480 e. The van der Waals surface area contributed by atoms with Gasteiger partial charge in [-0.2, -0.15) is 8.42 Å². The summed E-state index contributed by atoms with van der Waals surface area (Å²) in [4.78, 5) is 20.0. The lowest BCUT2D eigenvalue weighted by Crippen LogP contribution is -2.36. The molecule has 0 unspecified atom stereocenters.